The Labute approximate surface area is 176 Å². The van der Waals surface area contributed by atoms with Crippen LogP contribution in [0.5, 0.6) is 0 Å². The van der Waals surface area contributed by atoms with E-state index in [1.165, 1.54) is 36.9 Å². The van der Waals surface area contributed by atoms with E-state index in [0.29, 0.717) is 6.04 Å². The number of nitrogens with zero attached hydrogens (tertiary/aromatic N) is 2. The summed E-state index contributed by atoms with van der Waals surface area (Å²) in [4.78, 5) is 6.91. The molecule has 2 rings (SSSR count). The summed E-state index contributed by atoms with van der Waals surface area (Å²) in [5.41, 5.74) is 2.76. The van der Waals surface area contributed by atoms with E-state index in [2.05, 4.69) is 51.7 Å². The lowest BCUT2D eigenvalue weighted by molar-refractivity contribution is 0.152. The molecule has 1 aliphatic heterocycles. The second-order valence-electron chi connectivity index (χ2n) is 6.78. The van der Waals surface area contributed by atoms with Crippen LogP contribution >= 0.6 is 24.0 Å². The number of ether oxygens (including phenoxy) is 1. The molecule has 1 aromatic carbocycles. The minimum atomic E-state index is 0. The molecule has 0 aromatic heterocycles. The number of nitrogens with one attached hydrogen (secondary N) is 2. The zero-order chi connectivity index (χ0) is 17.9. The van der Waals surface area contributed by atoms with Crippen molar-refractivity contribution in [1.82, 2.24) is 15.5 Å². The van der Waals surface area contributed by atoms with Crippen LogP contribution in [0.25, 0.3) is 0 Å². The van der Waals surface area contributed by atoms with E-state index in [1.54, 1.807) is 7.11 Å². The fourth-order valence-corrected chi connectivity index (χ4v) is 3.32. The Morgan fingerprint density at radius 1 is 1.23 bits per heavy atom. The van der Waals surface area contributed by atoms with Gasteiger partial charge in [-0.25, -0.2) is 0 Å². The summed E-state index contributed by atoms with van der Waals surface area (Å²) in [6.45, 7) is 7.03. The first-order valence-corrected chi connectivity index (χ1v) is 9.49. The van der Waals surface area contributed by atoms with Gasteiger partial charge in [0.15, 0.2) is 5.96 Å². The van der Waals surface area contributed by atoms with Crippen LogP contribution in [0, 0.1) is 0 Å². The molecule has 0 radical (unpaired) electrons. The highest BCUT2D eigenvalue weighted by atomic mass is 127. The molecule has 6 heteroatoms. The summed E-state index contributed by atoms with van der Waals surface area (Å²) in [6.07, 6.45) is 4.98. The number of halogens is 1. The molecule has 1 aliphatic rings. The maximum absolute atomic E-state index is 5.08. The van der Waals surface area contributed by atoms with Gasteiger partial charge in [0.05, 0.1) is 0 Å². The van der Waals surface area contributed by atoms with Crippen LogP contribution in [-0.2, 0) is 17.8 Å². The lowest BCUT2D eigenvalue weighted by atomic mass is 10.0. The van der Waals surface area contributed by atoms with Gasteiger partial charge in [-0.2, -0.15) is 0 Å². The summed E-state index contributed by atoms with van der Waals surface area (Å²) < 4.78 is 5.08. The highest BCUT2D eigenvalue weighted by molar-refractivity contribution is 14.0. The molecule has 1 unspecified atom stereocenters. The van der Waals surface area contributed by atoms with E-state index in [0.717, 1.165) is 38.6 Å². The number of likely N-dealkylation sites (tertiary alicyclic amines) is 1. The monoisotopic (exact) mass is 474 g/mol. The number of benzene rings is 1. The van der Waals surface area contributed by atoms with Gasteiger partial charge in [0.1, 0.15) is 0 Å². The van der Waals surface area contributed by atoms with E-state index < -0.39 is 0 Å². The molecule has 0 saturated carbocycles. The van der Waals surface area contributed by atoms with Gasteiger partial charge >= 0.3 is 0 Å². The van der Waals surface area contributed by atoms with E-state index >= 15 is 0 Å². The van der Waals surface area contributed by atoms with Gasteiger partial charge in [-0.15, -0.1) is 24.0 Å². The number of rotatable bonds is 8. The van der Waals surface area contributed by atoms with Crippen molar-refractivity contribution in [3.63, 3.8) is 0 Å². The van der Waals surface area contributed by atoms with Crippen molar-refractivity contribution in [2.45, 2.75) is 51.7 Å². The Morgan fingerprint density at radius 3 is 2.69 bits per heavy atom. The third-order valence-electron chi connectivity index (χ3n) is 4.92. The van der Waals surface area contributed by atoms with Crippen molar-refractivity contribution in [2.24, 2.45) is 4.99 Å². The summed E-state index contributed by atoms with van der Waals surface area (Å²) in [5, 5.41) is 6.76. The molecule has 0 bridgehead atoms. The van der Waals surface area contributed by atoms with Gasteiger partial charge < -0.3 is 15.4 Å². The number of hydrogen-bond acceptors (Lipinski definition) is 3. The second kappa shape index (κ2) is 13.3. The van der Waals surface area contributed by atoms with E-state index in [1.807, 2.05) is 7.05 Å². The fraction of sp³-hybridized carbons (Fsp3) is 0.650. The van der Waals surface area contributed by atoms with Crippen LogP contribution in [0.2, 0.25) is 0 Å². The highest BCUT2D eigenvalue weighted by Gasteiger charge is 2.19. The van der Waals surface area contributed by atoms with Crippen molar-refractivity contribution in [3.8, 4) is 0 Å². The third-order valence-corrected chi connectivity index (χ3v) is 4.92. The van der Waals surface area contributed by atoms with E-state index in [-0.39, 0.29) is 24.0 Å². The second-order valence-corrected chi connectivity index (χ2v) is 6.78. The van der Waals surface area contributed by atoms with Crippen LogP contribution in [0.1, 0.15) is 43.7 Å². The molecule has 1 atom stereocenters. The molecule has 0 spiro atoms. The number of hydrogen-bond donors (Lipinski definition) is 2. The van der Waals surface area contributed by atoms with Crippen molar-refractivity contribution in [1.29, 1.82) is 0 Å². The SMILES string of the molecule is CN=C(NCCCOC)NCc1ccccc1CN1CCCCC1C.I. The predicted octanol–water partition coefficient (Wildman–Crippen LogP) is 3.38. The first-order chi connectivity index (χ1) is 12.2. The first kappa shape index (κ1) is 23.2. The molecule has 148 valence electrons. The van der Waals surface area contributed by atoms with Crippen molar-refractivity contribution >= 4 is 29.9 Å². The summed E-state index contributed by atoms with van der Waals surface area (Å²) in [7, 11) is 3.54. The fourth-order valence-electron chi connectivity index (χ4n) is 3.32. The number of methoxy groups -OCH3 is 1. The molecule has 0 aliphatic carbocycles. The maximum Gasteiger partial charge on any atom is 0.191 e. The van der Waals surface area contributed by atoms with Crippen molar-refractivity contribution in [2.75, 3.05) is 33.9 Å². The standard InChI is InChI=1S/C20H34N4O.HI/c1-17-9-6-7-13-24(17)16-19-11-5-4-10-18(19)15-23-20(21-2)22-12-8-14-25-3;/h4-5,10-11,17H,6-9,12-16H2,1-3H3,(H2,21,22,23);1H. The first-order valence-electron chi connectivity index (χ1n) is 9.49. The molecular weight excluding hydrogens is 439 g/mol. The van der Waals surface area contributed by atoms with E-state index in [9.17, 15) is 0 Å². The molecule has 1 fully saturated rings. The number of aliphatic imine (C=N–C) groups is 1. The molecule has 1 aromatic rings. The van der Waals surface area contributed by atoms with E-state index in [4.69, 9.17) is 4.74 Å². The Hall–Kier alpha value is -0.860. The van der Waals surface area contributed by atoms with Gasteiger partial charge in [-0.3, -0.25) is 9.89 Å². The topological polar surface area (TPSA) is 48.9 Å². The zero-order valence-corrected chi connectivity index (χ0v) is 18.8. The van der Waals surface area contributed by atoms with Crippen LogP contribution in [-0.4, -0.2) is 50.8 Å². The molecule has 1 heterocycles. The van der Waals surface area contributed by atoms with Crippen molar-refractivity contribution in [3.05, 3.63) is 35.4 Å². The van der Waals surface area contributed by atoms with Gasteiger partial charge in [0.25, 0.3) is 0 Å². The molecule has 5 nitrogen and oxygen atoms in total. The van der Waals surface area contributed by atoms with Crippen LogP contribution < -0.4 is 10.6 Å². The Kier molecular flexibility index (Phi) is 11.9. The Bertz CT molecular complexity index is 538. The Balaban J connectivity index is 0.00000338. The lowest BCUT2D eigenvalue weighted by Gasteiger charge is -2.33. The normalized spacial score (nSPS) is 18.3. The minimum Gasteiger partial charge on any atom is -0.385 e. The predicted molar refractivity (Wildman–Crippen MR) is 120 cm³/mol. The van der Waals surface area contributed by atoms with Crippen LogP contribution in [0.15, 0.2) is 29.3 Å². The summed E-state index contributed by atoms with van der Waals surface area (Å²) in [5.74, 6) is 0.845. The number of guanidine groups is 1. The van der Waals surface area contributed by atoms with Gasteiger partial charge in [0, 0.05) is 46.4 Å². The zero-order valence-electron chi connectivity index (χ0n) is 16.5. The van der Waals surface area contributed by atoms with Crippen molar-refractivity contribution < 1.29 is 4.74 Å². The molecule has 1 saturated heterocycles. The van der Waals surface area contributed by atoms with Gasteiger partial charge in [0.2, 0.25) is 0 Å². The molecule has 0 amide bonds. The summed E-state index contributed by atoms with van der Waals surface area (Å²) >= 11 is 0. The quantitative estimate of drug-likeness (QED) is 0.263. The molecular formula is C20H35IN4O. The lowest BCUT2D eigenvalue weighted by Crippen LogP contribution is -2.38. The van der Waals surface area contributed by atoms with Gasteiger partial charge in [-0.05, 0) is 43.9 Å². The third kappa shape index (κ3) is 7.80. The molecule has 26 heavy (non-hydrogen) atoms. The average Bonchev–Trinajstić information content (AvgIpc) is 2.64. The van der Waals surface area contributed by atoms with Crippen LogP contribution in [0.4, 0.5) is 0 Å². The highest BCUT2D eigenvalue weighted by Crippen LogP contribution is 2.20. The minimum absolute atomic E-state index is 0. The largest absolute Gasteiger partial charge is 0.385 e. The summed E-state index contributed by atoms with van der Waals surface area (Å²) in [6, 6.07) is 9.42. The maximum atomic E-state index is 5.08. The smallest absolute Gasteiger partial charge is 0.191 e. The average molecular weight is 474 g/mol. The Morgan fingerprint density at radius 2 is 2.00 bits per heavy atom. The van der Waals surface area contributed by atoms with Gasteiger partial charge in [-0.1, -0.05) is 30.7 Å². The number of piperidine rings is 1. The van der Waals surface area contributed by atoms with Crippen LogP contribution in [0.3, 0.4) is 0 Å². The molecule has 2 N–H and O–H groups in total.